The summed E-state index contributed by atoms with van der Waals surface area (Å²) in [5, 5.41) is 10.9. The van der Waals surface area contributed by atoms with Crippen molar-refractivity contribution < 1.29 is 9.84 Å². The van der Waals surface area contributed by atoms with Gasteiger partial charge >= 0.3 is 0 Å². The van der Waals surface area contributed by atoms with Gasteiger partial charge in [-0.3, -0.25) is 0 Å². The normalized spacial score (nSPS) is 52.2. The quantitative estimate of drug-likeness (QED) is 0.711. The molecule has 1 N–H and O–H groups in total. The second-order valence-electron chi connectivity index (χ2n) is 10.4. The first-order valence-corrected chi connectivity index (χ1v) is 10.7. The molecule has 8 atom stereocenters. The van der Waals surface area contributed by atoms with Crippen molar-refractivity contribution in [2.75, 3.05) is 13.7 Å². The maximum absolute atomic E-state index is 10.9. The van der Waals surface area contributed by atoms with E-state index in [1.54, 1.807) is 7.11 Å². The largest absolute Gasteiger partial charge is 0.387 e. The Morgan fingerprint density at radius 3 is 2.52 bits per heavy atom. The molecule has 0 radical (unpaired) electrons. The summed E-state index contributed by atoms with van der Waals surface area (Å²) >= 11 is 0. The van der Waals surface area contributed by atoms with E-state index in [4.69, 9.17) is 4.74 Å². The van der Waals surface area contributed by atoms with Crippen LogP contribution < -0.4 is 0 Å². The van der Waals surface area contributed by atoms with Crippen molar-refractivity contribution >= 4 is 0 Å². The topological polar surface area (TPSA) is 29.5 Å². The number of aliphatic hydroxyl groups is 1. The van der Waals surface area contributed by atoms with Gasteiger partial charge in [-0.1, -0.05) is 19.1 Å². The van der Waals surface area contributed by atoms with Gasteiger partial charge in [0.2, 0.25) is 0 Å². The van der Waals surface area contributed by atoms with Crippen molar-refractivity contribution in [2.45, 2.75) is 77.2 Å². The number of methoxy groups -OCH3 is 1. The van der Waals surface area contributed by atoms with Gasteiger partial charge in [0, 0.05) is 7.11 Å². The van der Waals surface area contributed by atoms with Gasteiger partial charge in [-0.2, -0.15) is 0 Å². The highest BCUT2D eigenvalue weighted by Gasteiger charge is 2.57. The molecule has 25 heavy (non-hydrogen) atoms. The Morgan fingerprint density at radius 2 is 1.80 bits per heavy atom. The van der Waals surface area contributed by atoms with Crippen LogP contribution in [0.1, 0.15) is 71.6 Å². The molecule has 2 nitrogen and oxygen atoms in total. The molecule has 4 rings (SSSR count). The monoisotopic (exact) mass is 346 g/mol. The Hall–Kier alpha value is -0.340. The number of fused-ring (bicyclic) bond motifs is 5. The molecular weight excluding hydrogens is 308 g/mol. The molecule has 4 fully saturated rings. The number of hydrogen-bond acceptors (Lipinski definition) is 2. The van der Waals surface area contributed by atoms with Crippen LogP contribution in [0.2, 0.25) is 0 Å². The van der Waals surface area contributed by atoms with Crippen molar-refractivity contribution in [3.05, 3.63) is 12.2 Å². The highest BCUT2D eigenvalue weighted by atomic mass is 16.5. The average molecular weight is 347 g/mol. The van der Waals surface area contributed by atoms with E-state index in [9.17, 15) is 5.11 Å². The first kappa shape index (κ1) is 18.0. The maximum Gasteiger partial charge on any atom is 0.0882 e. The molecule has 0 amide bonds. The summed E-state index contributed by atoms with van der Waals surface area (Å²) in [4.78, 5) is 0. The van der Waals surface area contributed by atoms with Crippen LogP contribution in [-0.2, 0) is 4.74 Å². The first-order chi connectivity index (χ1) is 11.9. The minimum Gasteiger partial charge on any atom is -0.387 e. The van der Waals surface area contributed by atoms with Crippen LogP contribution >= 0.6 is 0 Å². The van der Waals surface area contributed by atoms with Crippen LogP contribution in [0.3, 0.4) is 0 Å². The maximum atomic E-state index is 10.9. The lowest BCUT2D eigenvalue weighted by Crippen LogP contribution is -2.51. The van der Waals surface area contributed by atoms with Crippen molar-refractivity contribution in [1.29, 1.82) is 0 Å². The van der Waals surface area contributed by atoms with E-state index in [2.05, 4.69) is 20.4 Å². The van der Waals surface area contributed by atoms with Gasteiger partial charge in [0.05, 0.1) is 12.2 Å². The van der Waals surface area contributed by atoms with Crippen LogP contribution in [0.25, 0.3) is 0 Å². The molecule has 0 aromatic heterocycles. The molecule has 0 aromatic rings. The zero-order valence-corrected chi connectivity index (χ0v) is 16.6. The molecule has 0 aliphatic heterocycles. The summed E-state index contributed by atoms with van der Waals surface area (Å²) in [6.45, 7) is 9.71. The summed E-state index contributed by atoms with van der Waals surface area (Å²) in [7, 11) is 1.72. The SMILES string of the molecule is C=C(C)[C@H]1CC[C@H]2[C@@H]3CC[C@@H]4C[C@](O)(COC)CC[C@@H]4[C@H]3CC[C@]12C. The van der Waals surface area contributed by atoms with Crippen LogP contribution in [-0.4, -0.2) is 24.4 Å². The van der Waals surface area contributed by atoms with Crippen molar-refractivity contribution in [3.63, 3.8) is 0 Å². The van der Waals surface area contributed by atoms with E-state index < -0.39 is 5.60 Å². The second kappa shape index (κ2) is 6.37. The second-order valence-corrected chi connectivity index (χ2v) is 10.4. The lowest BCUT2D eigenvalue weighted by atomic mass is 9.49. The van der Waals surface area contributed by atoms with E-state index in [0.29, 0.717) is 12.0 Å². The predicted octanol–water partition coefficient (Wildman–Crippen LogP) is 5.21. The summed E-state index contributed by atoms with van der Waals surface area (Å²) in [6, 6.07) is 0. The van der Waals surface area contributed by atoms with Crippen molar-refractivity contribution in [2.24, 2.45) is 40.9 Å². The number of allylic oxidation sites excluding steroid dienone is 1. The van der Waals surface area contributed by atoms with E-state index in [0.717, 1.165) is 48.3 Å². The Bertz CT molecular complexity index is 528. The molecule has 142 valence electrons. The molecular formula is C23H38O2. The first-order valence-electron chi connectivity index (χ1n) is 10.7. The van der Waals surface area contributed by atoms with Gasteiger partial charge < -0.3 is 9.84 Å². The molecule has 4 saturated carbocycles. The molecule has 4 aliphatic carbocycles. The van der Waals surface area contributed by atoms with Gasteiger partial charge in [-0.15, -0.1) is 0 Å². The summed E-state index contributed by atoms with van der Waals surface area (Å²) in [6.07, 6.45) is 11.5. The minimum atomic E-state index is -0.551. The van der Waals surface area contributed by atoms with Gasteiger partial charge in [0.1, 0.15) is 0 Å². The smallest absolute Gasteiger partial charge is 0.0882 e. The molecule has 4 aliphatic rings. The third-order valence-corrected chi connectivity index (χ3v) is 9.11. The van der Waals surface area contributed by atoms with Crippen LogP contribution in [0, 0.1) is 40.9 Å². The molecule has 0 saturated heterocycles. The highest BCUT2D eigenvalue weighted by molar-refractivity contribution is 5.14. The third kappa shape index (κ3) is 2.83. The molecule has 0 heterocycles. The van der Waals surface area contributed by atoms with Crippen LogP contribution in [0.4, 0.5) is 0 Å². The van der Waals surface area contributed by atoms with Gasteiger partial charge in [0.15, 0.2) is 0 Å². The van der Waals surface area contributed by atoms with E-state index in [1.165, 1.54) is 50.5 Å². The van der Waals surface area contributed by atoms with Gasteiger partial charge in [-0.25, -0.2) is 0 Å². The fourth-order valence-electron chi connectivity index (χ4n) is 8.17. The Balaban J connectivity index is 1.51. The van der Waals surface area contributed by atoms with E-state index in [1.807, 2.05) is 0 Å². The molecule has 0 spiro atoms. The zero-order valence-electron chi connectivity index (χ0n) is 16.6. The molecule has 0 bridgehead atoms. The minimum absolute atomic E-state index is 0.519. The molecule has 0 aromatic carbocycles. The van der Waals surface area contributed by atoms with Gasteiger partial charge in [-0.05, 0) is 106 Å². The lowest BCUT2D eigenvalue weighted by molar-refractivity contribution is -0.123. The summed E-state index contributed by atoms with van der Waals surface area (Å²) < 4.78 is 5.32. The number of rotatable bonds is 3. The summed E-state index contributed by atoms with van der Waals surface area (Å²) in [5.41, 5.74) is 1.40. The zero-order chi connectivity index (χ0) is 17.8. The van der Waals surface area contributed by atoms with Gasteiger partial charge in [0.25, 0.3) is 0 Å². The molecule has 0 unspecified atom stereocenters. The Labute approximate surface area is 154 Å². The van der Waals surface area contributed by atoms with Crippen LogP contribution in [0.15, 0.2) is 12.2 Å². The number of ether oxygens (including phenoxy) is 1. The Morgan fingerprint density at radius 1 is 1.04 bits per heavy atom. The summed E-state index contributed by atoms with van der Waals surface area (Å²) in [5.74, 6) is 5.15. The Kier molecular flexibility index (Phi) is 4.60. The standard InChI is InChI=1S/C23H38O2/c1-15(2)20-7-8-21-19-6-5-16-13-23(24,14-25-4)12-10-17(16)18(19)9-11-22(20,21)3/h16-21,24H,1,5-14H2,2-4H3/t16-,17+,18-,19-,20-,21+,22-,23+/m1/s1. The average Bonchev–Trinajstić information content (AvgIpc) is 2.91. The fraction of sp³-hybridized carbons (Fsp3) is 0.913. The van der Waals surface area contributed by atoms with E-state index in [-0.39, 0.29) is 0 Å². The predicted molar refractivity (Wildman–Crippen MR) is 102 cm³/mol. The third-order valence-electron chi connectivity index (χ3n) is 9.11. The lowest BCUT2D eigenvalue weighted by Gasteiger charge is -2.57. The van der Waals surface area contributed by atoms with Crippen molar-refractivity contribution in [3.8, 4) is 0 Å². The highest BCUT2D eigenvalue weighted by Crippen LogP contribution is 2.65. The van der Waals surface area contributed by atoms with Crippen LogP contribution in [0.5, 0.6) is 0 Å². The van der Waals surface area contributed by atoms with Crippen molar-refractivity contribution in [1.82, 2.24) is 0 Å². The fourth-order valence-corrected chi connectivity index (χ4v) is 8.17. The molecule has 2 heteroatoms. The number of hydrogen-bond donors (Lipinski definition) is 1. The van der Waals surface area contributed by atoms with E-state index >= 15 is 0 Å².